The predicted molar refractivity (Wildman–Crippen MR) is 74.0 cm³/mol. The molecule has 1 aliphatic heterocycles. The van der Waals surface area contributed by atoms with Crippen molar-refractivity contribution in [3.05, 3.63) is 47.8 Å². The number of halogens is 2. The highest BCUT2D eigenvalue weighted by Gasteiger charge is 2.28. The van der Waals surface area contributed by atoms with Crippen LogP contribution in [0.3, 0.4) is 0 Å². The third-order valence-electron chi connectivity index (χ3n) is 3.79. The molecule has 2 heterocycles. The van der Waals surface area contributed by atoms with Crippen molar-refractivity contribution < 1.29 is 13.6 Å². The molecule has 6 heteroatoms. The Labute approximate surface area is 121 Å². The number of aromatic nitrogens is 2. The van der Waals surface area contributed by atoms with Gasteiger partial charge in [-0.05, 0) is 37.5 Å². The minimum absolute atomic E-state index is 0.175. The van der Waals surface area contributed by atoms with E-state index >= 15 is 0 Å². The van der Waals surface area contributed by atoms with Gasteiger partial charge in [-0.3, -0.25) is 9.48 Å². The van der Waals surface area contributed by atoms with Crippen molar-refractivity contribution in [1.82, 2.24) is 9.78 Å². The molecule has 0 bridgehead atoms. The number of benzene rings is 1. The van der Waals surface area contributed by atoms with E-state index in [9.17, 15) is 13.6 Å². The number of aryl methyl sites for hydroxylation is 1. The summed E-state index contributed by atoms with van der Waals surface area (Å²) >= 11 is 0. The fourth-order valence-corrected chi connectivity index (χ4v) is 2.65. The Balaban J connectivity index is 1.94. The van der Waals surface area contributed by atoms with Crippen LogP contribution in [0, 0.1) is 11.6 Å². The first-order chi connectivity index (χ1) is 10.1. The second kappa shape index (κ2) is 5.27. The van der Waals surface area contributed by atoms with Crippen molar-refractivity contribution in [3.8, 4) is 0 Å². The molecule has 1 aromatic carbocycles. The lowest BCUT2D eigenvalue weighted by molar-refractivity contribution is -0.121. The fraction of sp³-hybridized carbons (Fsp3) is 0.333. The molecular formula is C15H15F2N3O. The van der Waals surface area contributed by atoms with E-state index in [1.807, 2.05) is 0 Å². The lowest BCUT2D eigenvalue weighted by Crippen LogP contribution is -2.40. The minimum Gasteiger partial charge on any atom is -0.310 e. The van der Waals surface area contributed by atoms with Gasteiger partial charge in [0.25, 0.3) is 5.91 Å². The molecule has 0 unspecified atom stereocenters. The molecule has 110 valence electrons. The highest BCUT2D eigenvalue weighted by Crippen LogP contribution is 2.30. The Kier molecular flexibility index (Phi) is 3.45. The van der Waals surface area contributed by atoms with Gasteiger partial charge in [-0.2, -0.15) is 5.10 Å². The Morgan fingerprint density at radius 3 is 2.81 bits per heavy atom. The maximum Gasteiger partial charge on any atom is 0.251 e. The molecule has 4 nitrogen and oxygen atoms in total. The Morgan fingerprint density at radius 2 is 2.10 bits per heavy atom. The lowest BCUT2D eigenvalue weighted by Gasteiger charge is -2.31. The van der Waals surface area contributed by atoms with Gasteiger partial charge in [0.15, 0.2) is 11.6 Å². The summed E-state index contributed by atoms with van der Waals surface area (Å²) in [6.07, 6.45) is 4.68. The lowest BCUT2D eigenvalue weighted by atomic mass is 10.0. The summed E-state index contributed by atoms with van der Waals surface area (Å²) in [4.78, 5) is 14.1. The number of hydrogen-bond donors (Lipinski definition) is 0. The predicted octanol–water partition coefficient (Wildman–Crippen LogP) is 2.70. The van der Waals surface area contributed by atoms with Crippen molar-refractivity contribution in [3.63, 3.8) is 0 Å². The van der Waals surface area contributed by atoms with Crippen LogP contribution in [0.1, 0.15) is 24.9 Å². The van der Waals surface area contributed by atoms with Crippen LogP contribution in [0.15, 0.2) is 30.6 Å². The number of nitrogens with zero attached hydrogens (tertiary/aromatic N) is 3. The van der Waals surface area contributed by atoms with Gasteiger partial charge in [-0.25, -0.2) is 8.78 Å². The van der Waals surface area contributed by atoms with E-state index < -0.39 is 17.7 Å². The second-order valence-electron chi connectivity index (χ2n) is 5.15. The van der Waals surface area contributed by atoms with Crippen LogP contribution in [0.5, 0.6) is 0 Å². The molecular weight excluding hydrogens is 276 g/mol. The Hall–Kier alpha value is -2.24. The number of anilines is 1. The largest absolute Gasteiger partial charge is 0.310 e. The smallest absolute Gasteiger partial charge is 0.251 e. The maximum absolute atomic E-state index is 13.5. The molecule has 1 aromatic heterocycles. The van der Waals surface area contributed by atoms with Crippen LogP contribution in [0.2, 0.25) is 0 Å². The number of carbonyl (C=O) groups is 1. The maximum atomic E-state index is 13.5. The highest BCUT2D eigenvalue weighted by atomic mass is 19.2. The van der Waals surface area contributed by atoms with Crippen molar-refractivity contribution >= 4 is 11.6 Å². The Morgan fingerprint density at radius 1 is 1.33 bits per heavy atom. The molecule has 1 amide bonds. The molecule has 0 saturated heterocycles. The molecule has 0 radical (unpaired) electrons. The number of hydrogen-bond acceptors (Lipinski definition) is 2. The average Bonchev–Trinajstić information content (AvgIpc) is 3.00. The molecule has 3 rings (SSSR count). The standard InChI is InChI=1S/C15H15F2N3O/c1-10(20-7-3-5-18-20)15(21)19-6-2-4-11-8-12(16)13(17)9-14(11)19/h3,5,7-10H,2,4,6H2,1H3/t10-/m0/s1. The van der Waals surface area contributed by atoms with Gasteiger partial charge in [0.2, 0.25) is 0 Å². The second-order valence-corrected chi connectivity index (χ2v) is 5.15. The van der Waals surface area contributed by atoms with Crippen LogP contribution in [-0.4, -0.2) is 22.2 Å². The first-order valence-corrected chi connectivity index (χ1v) is 6.86. The summed E-state index contributed by atoms with van der Waals surface area (Å²) < 4.78 is 28.4. The SMILES string of the molecule is C[C@@H](C(=O)N1CCCc2cc(F)c(F)cc21)n1cccn1. The third-order valence-corrected chi connectivity index (χ3v) is 3.79. The zero-order valence-electron chi connectivity index (χ0n) is 11.6. The third kappa shape index (κ3) is 2.41. The van der Waals surface area contributed by atoms with Gasteiger partial charge in [0.05, 0.1) is 0 Å². The molecule has 21 heavy (non-hydrogen) atoms. The van der Waals surface area contributed by atoms with E-state index in [0.29, 0.717) is 24.2 Å². The topological polar surface area (TPSA) is 38.1 Å². The molecule has 0 N–H and O–H groups in total. The van der Waals surface area contributed by atoms with Crippen LogP contribution in [-0.2, 0) is 11.2 Å². The van der Waals surface area contributed by atoms with Crippen LogP contribution in [0.25, 0.3) is 0 Å². The molecule has 0 spiro atoms. The highest BCUT2D eigenvalue weighted by molar-refractivity contribution is 5.97. The summed E-state index contributed by atoms with van der Waals surface area (Å²) in [5, 5.41) is 4.05. The monoisotopic (exact) mass is 291 g/mol. The number of fused-ring (bicyclic) bond motifs is 1. The average molecular weight is 291 g/mol. The van der Waals surface area contributed by atoms with Crippen LogP contribution in [0.4, 0.5) is 14.5 Å². The summed E-state index contributed by atoms with van der Waals surface area (Å²) in [7, 11) is 0. The van der Waals surface area contributed by atoms with Gasteiger partial charge in [-0.1, -0.05) is 0 Å². The molecule has 1 atom stereocenters. The van der Waals surface area contributed by atoms with Gasteiger partial charge in [-0.15, -0.1) is 0 Å². The van der Waals surface area contributed by atoms with E-state index in [1.54, 1.807) is 30.1 Å². The Bertz CT molecular complexity index is 670. The van der Waals surface area contributed by atoms with E-state index in [2.05, 4.69) is 5.10 Å². The zero-order valence-corrected chi connectivity index (χ0v) is 11.6. The van der Waals surface area contributed by atoms with Crippen molar-refractivity contribution in [2.75, 3.05) is 11.4 Å². The summed E-state index contributed by atoms with van der Waals surface area (Å²) in [6.45, 7) is 2.24. The summed E-state index contributed by atoms with van der Waals surface area (Å²) in [5.41, 5.74) is 1.13. The van der Waals surface area contributed by atoms with Gasteiger partial charge in [0.1, 0.15) is 6.04 Å². The van der Waals surface area contributed by atoms with E-state index in [0.717, 1.165) is 12.5 Å². The number of carbonyl (C=O) groups excluding carboxylic acids is 1. The van der Waals surface area contributed by atoms with Crippen LogP contribution < -0.4 is 4.90 Å². The molecule has 0 fully saturated rings. The van der Waals surface area contributed by atoms with E-state index in [1.165, 1.54) is 11.0 Å². The zero-order chi connectivity index (χ0) is 15.0. The van der Waals surface area contributed by atoms with E-state index in [4.69, 9.17) is 0 Å². The van der Waals surface area contributed by atoms with Crippen LogP contribution >= 0.6 is 0 Å². The number of amides is 1. The van der Waals surface area contributed by atoms with Gasteiger partial charge < -0.3 is 4.90 Å². The molecule has 1 aliphatic rings. The quantitative estimate of drug-likeness (QED) is 0.853. The summed E-state index contributed by atoms with van der Waals surface area (Å²) in [6, 6.07) is 3.54. The van der Waals surface area contributed by atoms with Crippen molar-refractivity contribution in [2.45, 2.75) is 25.8 Å². The van der Waals surface area contributed by atoms with Gasteiger partial charge in [0, 0.05) is 30.7 Å². The first-order valence-electron chi connectivity index (χ1n) is 6.86. The normalized spacial score (nSPS) is 15.7. The first kappa shape index (κ1) is 13.7. The van der Waals surface area contributed by atoms with Crippen molar-refractivity contribution in [2.24, 2.45) is 0 Å². The molecule has 0 aliphatic carbocycles. The van der Waals surface area contributed by atoms with Gasteiger partial charge >= 0.3 is 0 Å². The van der Waals surface area contributed by atoms with E-state index in [-0.39, 0.29) is 5.91 Å². The molecule has 0 saturated carbocycles. The summed E-state index contributed by atoms with van der Waals surface area (Å²) in [5.74, 6) is -1.98. The molecule has 2 aromatic rings. The minimum atomic E-state index is -0.930. The van der Waals surface area contributed by atoms with Crippen molar-refractivity contribution in [1.29, 1.82) is 0 Å². The number of rotatable bonds is 2. The fourth-order valence-electron chi connectivity index (χ4n) is 2.65.